The molecule has 106 valence electrons. The Morgan fingerprint density at radius 2 is 2.00 bits per heavy atom. The Balaban J connectivity index is 1.70. The molecule has 5 nitrogen and oxygen atoms in total. The highest BCUT2D eigenvalue weighted by molar-refractivity contribution is 6.08. The lowest BCUT2D eigenvalue weighted by Gasteiger charge is -2.17. The SMILES string of the molecule is Nc1cccc2c1CCN2C(=O)c1ccc2c(c1)OCO2. The zero-order chi connectivity index (χ0) is 14.4. The normalized spacial score (nSPS) is 15.1. The van der Waals surface area contributed by atoms with Gasteiger partial charge >= 0.3 is 0 Å². The number of hydrogen-bond donors (Lipinski definition) is 1. The number of ether oxygens (including phenoxy) is 2. The van der Waals surface area contributed by atoms with Crippen molar-refractivity contribution in [3.8, 4) is 11.5 Å². The van der Waals surface area contributed by atoms with Gasteiger partial charge in [0.1, 0.15) is 0 Å². The molecular formula is C16H14N2O3. The maximum Gasteiger partial charge on any atom is 0.258 e. The third kappa shape index (κ3) is 1.81. The fourth-order valence-electron chi connectivity index (χ4n) is 2.86. The summed E-state index contributed by atoms with van der Waals surface area (Å²) in [5.41, 5.74) is 9.26. The smallest absolute Gasteiger partial charge is 0.258 e. The maximum atomic E-state index is 12.7. The van der Waals surface area contributed by atoms with Crippen LogP contribution in [0, 0.1) is 0 Å². The number of rotatable bonds is 1. The summed E-state index contributed by atoms with van der Waals surface area (Å²) in [6.45, 7) is 0.854. The van der Waals surface area contributed by atoms with Crippen LogP contribution in [0.4, 0.5) is 11.4 Å². The van der Waals surface area contributed by atoms with Gasteiger partial charge in [0, 0.05) is 29.0 Å². The van der Waals surface area contributed by atoms with E-state index in [0.717, 1.165) is 23.4 Å². The van der Waals surface area contributed by atoms with Gasteiger partial charge in [0.05, 0.1) is 0 Å². The summed E-state index contributed by atoms with van der Waals surface area (Å²) in [5.74, 6) is 1.25. The molecular weight excluding hydrogens is 268 g/mol. The summed E-state index contributed by atoms with van der Waals surface area (Å²) in [5, 5.41) is 0. The first-order chi connectivity index (χ1) is 10.2. The van der Waals surface area contributed by atoms with Gasteiger partial charge in [-0.15, -0.1) is 0 Å². The van der Waals surface area contributed by atoms with Gasteiger partial charge in [-0.3, -0.25) is 4.79 Å². The largest absolute Gasteiger partial charge is 0.454 e. The van der Waals surface area contributed by atoms with Crippen molar-refractivity contribution in [3.05, 3.63) is 47.5 Å². The van der Waals surface area contributed by atoms with Crippen LogP contribution < -0.4 is 20.1 Å². The monoisotopic (exact) mass is 282 g/mol. The predicted octanol–water partition coefficient (Wildman–Crippen LogP) is 2.20. The second-order valence-electron chi connectivity index (χ2n) is 5.12. The van der Waals surface area contributed by atoms with Crippen LogP contribution in [0.5, 0.6) is 11.5 Å². The van der Waals surface area contributed by atoms with Gasteiger partial charge in [-0.25, -0.2) is 0 Å². The molecule has 0 aliphatic carbocycles. The number of nitrogens with two attached hydrogens (primary N) is 1. The minimum atomic E-state index is -0.0438. The fourth-order valence-corrected chi connectivity index (χ4v) is 2.86. The van der Waals surface area contributed by atoms with Crippen molar-refractivity contribution in [2.45, 2.75) is 6.42 Å². The van der Waals surface area contributed by atoms with Crippen LogP contribution in [0.25, 0.3) is 0 Å². The number of carbonyl (C=O) groups excluding carboxylic acids is 1. The molecule has 0 spiro atoms. The summed E-state index contributed by atoms with van der Waals surface area (Å²) in [6.07, 6.45) is 0.790. The lowest BCUT2D eigenvalue weighted by Crippen LogP contribution is -2.28. The lowest BCUT2D eigenvalue weighted by molar-refractivity contribution is 0.0989. The molecule has 5 heteroatoms. The molecule has 2 aromatic rings. The molecule has 0 fully saturated rings. The number of nitrogen functional groups attached to an aromatic ring is 1. The van der Waals surface area contributed by atoms with Crippen LogP contribution in [-0.2, 0) is 6.42 Å². The van der Waals surface area contributed by atoms with E-state index in [1.165, 1.54) is 0 Å². The highest BCUT2D eigenvalue weighted by Crippen LogP contribution is 2.36. The minimum Gasteiger partial charge on any atom is -0.454 e. The fraction of sp³-hybridized carbons (Fsp3) is 0.188. The zero-order valence-corrected chi connectivity index (χ0v) is 11.3. The number of fused-ring (bicyclic) bond motifs is 2. The summed E-state index contributed by atoms with van der Waals surface area (Å²) in [4.78, 5) is 14.5. The van der Waals surface area contributed by atoms with E-state index in [2.05, 4.69) is 0 Å². The van der Waals surface area contributed by atoms with E-state index in [9.17, 15) is 4.79 Å². The second-order valence-corrected chi connectivity index (χ2v) is 5.12. The summed E-state index contributed by atoms with van der Waals surface area (Å²) in [7, 11) is 0. The summed E-state index contributed by atoms with van der Waals surface area (Å²) >= 11 is 0. The van der Waals surface area contributed by atoms with Gasteiger partial charge < -0.3 is 20.1 Å². The van der Waals surface area contributed by atoms with Crippen LogP contribution in [0.2, 0.25) is 0 Å². The Kier molecular flexibility index (Phi) is 2.54. The highest BCUT2D eigenvalue weighted by Gasteiger charge is 2.27. The first kappa shape index (κ1) is 12.1. The number of anilines is 2. The van der Waals surface area contributed by atoms with Gasteiger partial charge in [-0.2, -0.15) is 0 Å². The lowest BCUT2D eigenvalue weighted by atomic mass is 10.1. The second kappa shape index (κ2) is 4.41. The molecule has 21 heavy (non-hydrogen) atoms. The number of nitrogens with zero attached hydrogens (tertiary/aromatic N) is 1. The molecule has 2 heterocycles. The zero-order valence-electron chi connectivity index (χ0n) is 11.3. The van der Waals surface area contributed by atoms with E-state index in [0.29, 0.717) is 23.6 Å². The van der Waals surface area contributed by atoms with Gasteiger partial charge in [0.2, 0.25) is 6.79 Å². The van der Waals surface area contributed by atoms with Crippen LogP contribution in [0.3, 0.4) is 0 Å². The van der Waals surface area contributed by atoms with Crippen molar-refractivity contribution >= 4 is 17.3 Å². The molecule has 0 unspecified atom stereocenters. The van der Waals surface area contributed by atoms with Crippen molar-refractivity contribution in [1.82, 2.24) is 0 Å². The predicted molar refractivity (Wildman–Crippen MR) is 78.8 cm³/mol. The Labute approximate surface area is 121 Å². The molecule has 0 saturated heterocycles. The molecule has 2 aliphatic rings. The number of amides is 1. The van der Waals surface area contributed by atoms with Crippen molar-refractivity contribution in [2.24, 2.45) is 0 Å². The van der Waals surface area contributed by atoms with E-state index in [1.807, 2.05) is 18.2 Å². The highest BCUT2D eigenvalue weighted by atomic mass is 16.7. The molecule has 0 radical (unpaired) electrons. The standard InChI is InChI=1S/C16H14N2O3/c17-12-2-1-3-13-11(12)6-7-18(13)16(19)10-4-5-14-15(8-10)21-9-20-14/h1-5,8H,6-7,9,17H2. The quantitative estimate of drug-likeness (QED) is 0.814. The first-order valence-corrected chi connectivity index (χ1v) is 6.83. The van der Waals surface area contributed by atoms with E-state index in [1.54, 1.807) is 23.1 Å². The van der Waals surface area contributed by atoms with Crippen LogP contribution in [0.15, 0.2) is 36.4 Å². The van der Waals surface area contributed by atoms with Gasteiger partial charge in [0.25, 0.3) is 5.91 Å². The minimum absolute atomic E-state index is 0.0438. The molecule has 4 rings (SSSR count). The van der Waals surface area contributed by atoms with Gasteiger partial charge in [0.15, 0.2) is 11.5 Å². The van der Waals surface area contributed by atoms with Gasteiger partial charge in [-0.1, -0.05) is 6.07 Å². The third-order valence-electron chi connectivity index (χ3n) is 3.93. The van der Waals surface area contributed by atoms with Crippen molar-refractivity contribution in [2.75, 3.05) is 24.0 Å². The van der Waals surface area contributed by atoms with E-state index < -0.39 is 0 Å². The average molecular weight is 282 g/mol. The Hall–Kier alpha value is -2.69. The molecule has 1 amide bonds. The van der Waals surface area contributed by atoms with Crippen molar-refractivity contribution in [1.29, 1.82) is 0 Å². The van der Waals surface area contributed by atoms with Gasteiger partial charge in [-0.05, 0) is 36.8 Å². The average Bonchev–Trinajstić information content (AvgIpc) is 3.13. The van der Waals surface area contributed by atoms with Crippen molar-refractivity contribution in [3.63, 3.8) is 0 Å². The van der Waals surface area contributed by atoms with Crippen LogP contribution in [0.1, 0.15) is 15.9 Å². The molecule has 2 N–H and O–H groups in total. The molecule has 0 saturated carbocycles. The van der Waals surface area contributed by atoms with E-state index in [-0.39, 0.29) is 12.7 Å². The molecule has 2 aliphatic heterocycles. The summed E-state index contributed by atoms with van der Waals surface area (Å²) < 4.78 is 10.6. The number of hydrogen-bond acceptors (Lipinski definition) is 4. The maximum absolute atomic E-state index is 12.7. The molecule has 0 atom stereocenters. The molecule has 0 aromatic heterocycles. The van der Waals surface area contributed by atoms with Crippen LogP contribution in [-0.4, -0.2) is 19.2 Å². The molecule has 2 aromatic carbocycles. The Morgan fingerprint density at radius 3 is 2.90 bits per heavy atom. The van der Waals surface area contributed by atoms with E-state index in [4.69, 9.17) is 15.2 Å². The van der Waals surface area contributed by atoms with E-state index >= 15 is 0 Å². The number of benzene rings is 2. The third-order valence-corrected chi connectivity index (χ3v) is 3.93. The summed E-state index contributed by atoms with van der Waals surface area (Å²) in [6, 6.07) is 10.9. The first-order valence-electron chi connectivity index (χ1n) is 6.83. The van der Waals surface area contributed by atoms with Crippen LogP contribution >= 0.6 is 0 Å². The number of carbonyl (C=O) groups is 1. The Morgan fingerprint density at radius 1 is 1.14 bits per heavy atom. The molecule has 0 bridgehead atoms. The van der Waals surface area contributed by atoms with Crippen molar-refractivity contribution < 1.29 is 14.3 Å². The Bertz CT molecular complexity index is 742. The topological polar surface area (TPSA) is 64.8 Å².